The van der Waals surface area contributed by atoms with E-state index in [2.05, 4.69) is 10.5 Å². The van der Waals surface area contributed by atoms with E-state index in [1.807, 2.05) is 72.8 Å². The summed E-state index contributed by atoms with van der Waals surface area (Å²) in [5.74, 6) is 0.0888. The number of hydrogen-bond acceptors (Lipinski definition) is 6. The lowest BCUT2D eigenvalue weighted by Gasteiger charge is -2.03. The first-order chi connectivity index (χ1) is 19.1. The number of carbonyl (C=O) groups is 1. The summed E-state index contributed by atoms with van der Waals surface area (Å²) in [7, 11) is 1.45. The fourth-order valence-corrected chi connectivity index (χ4v) is 5.70. The van der Waals surface area contributed by atoms with Gasteiger partial charge in [0.1, 0.15) is 16.2 Å². The number of aromatic nitrogens is 2. The highest BCUT2D eigenvalue weighted by Crippen LogP contribution is 2.34. The lowest BCUT2D eigenvalue weighted by molar-refractivity contribution is -0.115. The zero-order chi connectivity index (χ0) is 26.9. The van der Waals surface area contributed by atoms with Gasteiger partial charge in [-0.3, -0.25) is 14.2 Å². The van der Waals surface area contributed by atoms with Crippen LogP contribution in [0.5, 0.6) is 0 Å². The Labute approximate surface area is 226 Å². The number of thiazole rings is 1. The minimum Gasteiger partial charge on any atom is -0.355 e. The van der Waals surface area contributed by atoms with E-state index in [-0.39, 0.29) is 15.8 Å². The van der Waals surface area contributed by atoms with Gasteiger partial charge in [-0.2, -0.15) is 5.26 Å². The Morgan fingerprint density at radius 3 is 2.56 bits per heavy atom. The van der Waals surface area contributed by atoms with Gasteiger partial charge < -0.3 is 9.84 Å². The van der Waals surface area contributed by atoms with Crippen LogP contribution in [0, 0.1) is 11.3 Å². The predicted molar refractivity (Wildman–Crippen MR) is 153 cm³/mol. The second kappa shape index (κ2) is 9.89. The van der Waals surface area contributed by atoms with Crippen LogP contribution in [0.1, 0.15) is 5.56 Å². The van der Waals surface area contributed by atoms with Crippen molar-refractivity contribution in [2.45, 2.75) is 0 Å². The molecule has 1 N–H and O–H groups in total. The van der Waals surface area contributed by atoms with E-state index in [1.54, 1.807) is 30.3 Å². The van der Waals surface area contributed by atoms with Crippen molar-refractivity contribution in [2.75, 3.05) is 7.05 Å². The maximum atomic E-state index is 13.6. The van der Waals surface area contributed by atoms with Crippen LogP contribution in [0.4, 0.5) is 0 Å². The molecule has 0 aliphatic rings. The highest BCUT2D eigenvalue weighted by atomic mass is 32.1. The van der Waals surface area contributed by atoms with Crippen molar-refractivity contribution in [1.82, 2.24) is 15.0 Å². The SMILES string of the molecule is CNC(=O)/C(C#N)=c1\s/c(=C/c2ccc3noc(-c4cccc5ccccc45)c3c2)c(=O)n1-c1ccccc1. The quantitative estimate of drug-likeness (QED) is 0.371. The Balaban J connectivity index is 1.58. The second-order valence-corrected chi connectivity index (χ2v) is 9.80. The molecule has 0 aliphatic heterocycles. The third-order valence-corrected chi connectivity index (χ3v) is 7.54. The first-order valence-corrected chi connectivity index (χ1v) is 12.9. The van der Waals surface area contributed by atoms with Crippen molar-refractivity contribution in [2.24, 2.45) is 0 Å². The third kappa shape index (κ3) is 4.21. The molecule has 0 spiro atoms. The van der Waals surface area contributed by atoms with Gasteiger partial charge >= 0.3 is 0 Å². The molecule has 0 bridgehead atoms. The minimum atomic E-state index is -0.555. The van der Waals surface area contributed by atoms with Gasteiger partial charge in [-0.05, 0) is 46.7 Å². The molecule has 1 amide bonds. The molecular formula is C31H20N4O3S. The second-order valence-electron chi connectivity index (χ2n) is 8.77. The first-order valence-electron chi connectivity index (χ1n) is 12.1. The fraction of sp³-hybridized carbons (Fsp3) is 0.0323. The zero-order valence-corrected chi connectivity index (χ0v) is 21.5. The van der Waals surface area contributed by atoms with Crippen LogP contribution in [0.15, 0.2) is 100 Å². The van der Waals surface area contributed by atoms with Gasteiger partial charge in [0.25, 0.3) is 11.5 Å². The van der Waals surface area contributed by atoms with Gasteiger partial charge in [0, 0.05) is 12.6 Å². The van der Waals surface area contributed by atoms with E-state index in [4.69, 9.17) is 4.52 Å². The number of rotatable bonds is 4. The van der Waals surface area contributed by atoms with Crippen molar-refractivity contribution >= 4 is 50.6 Å². The largest absolute Gasteiger partial charge is 0.355 e. The number of fused-ring (bicyclic) bond motifs is 2. The number of nitrogens with one attached hydrogen (secondary N) is 1. The molecule has 0 unspecified atom stereocenters. The normalized spacial score (nSPS) is 12.5. The monoisotopic (exact) mass is 528 g/mol. The van der Waals surface area contributed by atoms with Crippen LogP contribution in [0.2, 0.25) is 0 Å². The van der Waals surface area contributed by atoms with Crippen LogP contribution in [-0.2, 0) is 4.79 Å². The summed E-state index contributed by atoms with van der Waals surface area (Å²) in [5.41, 5.74) is 2.50. The summed E-state index contributed by atoms with van der Waals surface area (Å²) in [4.78, 5) is 26.1. The van der Waals surface area contributed by atoms with Crippen molar-refractivity contribution in [3.8, 4) is 23.1 Å². The average molecular weight is 529 g/mol. The number of hydrogen-bond donors (Lipinski definition) is 1. The molecule has 0 radical (unpaired) electrons. The zero-order valence-electron chi connectivity index (χ0n) is 20.7. The summed E-state index contributed by atoms with van der Waals surface area (Å²) in [6.45, 7) is 0. The van der Waals surface area contributed by atoms with Gasteiger partial charge in [0.2, 0.25) is 0 Å². The molecule has 0 fully saturated rings. The topological polar surface area (TPSA) is 101 Å². The minimum absolute atomic E-state index is 0.129. The van der Waals surface area contributed by atoms with E-state index in [9.17, 15) is 14.9 Å². The van der Waals surface area contributed by atoms with E-state index < -0.39 is 5.91 Å². The predicted octanol–water partition coefficient (Wildman–Crippen LogP) is 4.11. The fourth-order valence-electron chi connectivity index (χ4n) is 4.60. The van der Waals surface area contributed by atoms with E-state index in [0.29, 0.717) is 21.5 Å². The maximum Gasteiger partial charge on any atom is 0.273 e. The molecule has 188 valence electrons. The molecule has 4 aromatic carbocycles. The molecule has 0 atom stereocenters. The summed E-state index contributed by atoms with van der Waals surface area (Å²) >= 11 is 1.10. The molecule has 8 heteroatoms. The van der Waals surface area contributed by atoms with Gasteiger partial charge in [-0.15, -0.1) is 11.3 Å². The Hall–Kier alpha value is -5.26. The molecule has 7 nitrogen and oxygen atoms in total. The Morgan fingerprint density at radius 1 is 1.00 bits per heavy atom. The molecule has 0 saturated carbocycles. The van der Waals surface area contributed by atoms with Gasteiger partial charge in [0.15, 0.2) is 11.3 Å². The number of nitriles is 1. The number of amides is 1. The molecule has 39 heavy (non-hydrogen) atoms. The molecule has 2 aromatic heterocycles. The average Bonchev–Trinajstić information content (AvgIpc) is 3.54. The maximum absolute atomic E-state index is 13.6. The molecule has 6 aromatic rings. The highest BCUT2D eigenvalue weighted by Gasteiger charge is 2.17. The summed E-state index contributed by atoms with van der Waals surface area (Å²) in [6, 6.07) is 30.7. The lowest BCUT2D eigenvalue weighted by Crippen LogP contribution is -2.33. The molecule has 0 aliphatic carbocycles. The third-order valence-electron chi connectivity index (χ3n) is 6.45. The number of benzene rings is 4. The Morgan fingerprint density at radius 2 is 1.77 bits per heavy atom. The van der Waals surface area contributed by atoms with Crippen LogP contribution in [0.3, 0.4) is 0 Å². The summed E-state index contributed by atoms with van der Waals surface area (Å²) in [5, 5.41) is 19.5. The highest BCUT2D eigenvalue weighted by molar-refractivity contribution is 7.07. The summed E-state index contributed by atoms with van der Waals surface area (Å²) < 4.78 is 7.85. The number of carbonyl (C=O) groups excluding carboxylic acids is 1. The number of para-hydroxylation sites is 1. The van der Waals surface area contributed by atoms with Gasteiger partial charge in [-0.1, -0.05) is 71.9 Å². The van der Waals surface area contributed by atoms with Crippen LogP contribution >= 0.6 is 11.3 Å². The van der Waals surface area contributed by atoms with Crippen LogP contribution < -0.4 is 20.1 Å². The first kappa shape index (κ1) is 24.1. The van der Waals surface area contributed by atoms with Crippen LogP contribution in [0.25, 0.3) is 50.3 Å². The molecule has 2 heterocycles. The Bertz CT molecular complexity index is 2110. The van der Waals surface area contributed by atoms with Crippen LogP contribution in [-0.4, -0.2) is 22.7 Å². The van der Waals surface area contributed by atoms with Crippen molar-refractivity contribution in [1.29, 1.82) is 5.26 Å². The lowest BCUT2D eigenvalue weighted by atomic mass is 10.00. The van der Waals surface area contributed by atoms with Gasteiger partial charge in [-0.25, -0.2) is 0 Å². The molecule has 6 rings (SSSR count). The van der Waals surface area contributed by atoms with E-state index >= 15 is 0 Å². The van der Waals surface area contributed by atoms with Gasteiger partial charge in [0.05, 0.1) is 15.6 Å². The molecule has 0 saturated heterocycles. The van der Waals surface area contributed by atoms with Crippen molar-refractivity contribution in [3.63, 3.8) is 0 Å². The smallest absolute Gasteiger partial charge is 0.273 e. The number of nitrogens with zero attached hydrogens (tertiary/aromatic N) is 3. The van der Waals surface area contributed by atoms with E-state index in [1.165, 1.54) is 11.6 Å². The van der Waals surface area contributed by atoms with Crippen molar-refractivity contribution < 1.29 is 9.32 Å². The molecular weight excluding hydrogens is 508 g/mol. The van der Waals surface area contributed by atoms with Crippen molar-refractivity contribution in [3.05, 3.63) is 116 Å². The summed E-state index contributed by atoms with van der Waals surface area (Å²) in [6.07, 6.45) is 1.76. The standard InChI is InChI=1S/C31H20N4O3S/c1-33-29(36)25(18-32)31-35(21-10-3-2-4-11-21)30(37)27(39-31)17-19-14-15-26-24(16-19)28(38-34-26)23-13-7-9-20-8-5-6-12-22(20)23/h2-17H,1H3,(H,33,36)/b27-17+,31-25-. The van der Waals surface area contributed by atoms with E-state index in [0.717, 1.165) is 38.6 Å². The Kier molecular flexibility index (Phi) is 6.11.